The van der Waals surface area contributed by atoms with Gasteiger partial charge in [0.1, 0.15) is 0 Å². The molecule has 1 amide bonds. The molecule has 4 rings (SSSR count). The number of hydrogen-bond acceptors (Lipinski definition) is 4. The lowest BCUT2D eigenvalue weighted by atomic mass is 10.1. The molecule has 0 bridgehead atoms. The second kappa shape index (κ2) is 10.7. The fraction of sp³-hybridized carbons (Fsp3) is 0.192. The Morgan fingerprint density at radius 3 is 2.20 bits per heavy atom. The van der Waals surface area contributed by atoms with Crippen LogP contribution in [0.15, 0.2) is 83.4 Å². The van der Waals surface area contributed by atoms with Crippen LogP contribution in [0.2, 0.25) is 5.02 Å². The predicted octanol–water partition coefficient (Wildman–Crippen LogP) is 6.34. The van der Waals surface area contributed by atoms with Gasteiger partial charge in [-0.05, 0) is 60.5 Å². The van der Waals surface area contributed by atoms with E-state index in [9.17, 15) is 18.0 Å². The minimum Gasteiger partial charge on any atom is -0.339 e. The molecule has 0 saturated carbocycles. The largest absolute Gasteiger partial charge is 0.416 e. The van der Waals surface area contributed by atoms with Crippen molar-refractivity contribution in [2.45, 2.75) is 19.0 Å². The Morgan fingerprint density at radius 1 is 0.886 bits per heavy atom. The van der Waals surface area contributed by atoms with E-state index in [1.165, 1.54) is 12.1 Å². The van der Waals surface area contributed by atoms with Gasteiger partial charge < -0.3 is 9.42 Å². The molecule has 0 atom stereocenters. The molecule has 0 aliphatic rings. The monoisotopic (exact) mass is 499 g/mol. The molecule has 0 N–H and O–H groups in total. The second-order valence-corrected chi connectivity index (χ2v) is 8.31. The van der Waals surface area contributed by atoms with Crippen LogP contribution in [-0.2, 0) is 19.0 Å². The van der Waals surface area contributed by atoms with Gasteiger partial charge in [-0.1, -0.05) is 47.1 Å². The van der Waals surface area contributed by atoms with Crippen molar-refractivity contribution in [2.75, 3.05) is 13.1 Å². The maximum absolute atomic E-state index is 13.2. The molecular formula is C26H21ClF3N3O2. The second-order valence-electron chi connectivity index (χ2n) is 7.87. The fourth-order valence-corrected chi connectivity index (χ4v) is 3.64. The van der Waals surface area contributed by atoms with Gasteiger partial charge in [0, 0.05) is 35.7 Å². The first-order chi connectivity index (χ1) is 16.8. The molecule has 9 heteroatoms. The number of benzene rings is 3. The van der Waals surface area contributed by atoms with Gasteiger partial charge in [0.05, 0.1) is 5.56 Å². The van der Waals surface area contributed by atoms with Crippen LogP contribution >= 0.6 is 11.6 Å². The molecule has 0 saturated heterocycles. The molecule has 1 aromatic heterocycles. The summed E-state index contributed by atoms with van der Waals surface area (Å²) < 4.78 is 44.1. The number of carbonyl (C=O) groups is 1. The van der Waals surface area contributed by atoms with Gasteiger partial charge in [-0.3, -0.25) is 4.79 Å². The van der Waals surface area contributed by atoms with Gasteiger partial charge in [-0.2, -0.15) is 18.2 Å². The van der Waals surface area contributed by atoms with Crippen molar-refractivity contribution in [1.29, 1.82) is 0 Å². The first-order valence-corrected chi connectivity index (χ1v) is 11.3. The van der Waals surface area contributed by atoms with E-state index in [1.807, 2.05) is 30.3 Å². The number of halogens is 4. The number of rotatable bonds is 8. The number of alkyl halides is 3. The molecule has 0 aliphatic carbocycles. The van der Waals surface area contributed by atoms with Gasteiger partial charge in [-0.25, -0.2) is 0 Å². The van der Waals surface area contributed by atoms with Crippen molar-refractivity contribution >= 4 is 17.5 Å². The maximum Gasteiger partial charge on any atom is 0.416 e. The van der Waals surface area contributed by atoms with Gasteiger partial charge in [0.15, 0.2) is 0 Å². The maximum atomic E-state index is 13.2. The van der Waals surface area contributed by atoms with Crippen LogP contribution in [0.4, 0.5) is 13.2 Å². The Labute approximate surface area is 205 Å². The van der Waals surface area contributed by atoms with Gasteiger partial charge in [0.25, 0.3) is 5.91 Å². The first-order valence-electron chi connectivity index (χ1n) is 10.9. The van der Waals surface area contributed by atoms with Crippen LogP contribution in [-0.4, -0.2) is 34.0 Å². The fourth-order valence-electron chi connectivity index (χ4n) is 3.51. The topological polar surface area (TPSA) is 59.2 Å². The van der Waals surface area contributed by atoms with Crippen LogP contribution < -0.4 is 0 Å². The smallest absolute Gasteiger partial charge is 0.339 e. The Kier molecular flexibility index (Phi) is 7.51. The van der Waals surface area contributed by atoms with Crippen LogP contribution in [0.5, 0.6) is 0 Å². The van der Waals surface area contributed by atoms with Crippen molar-refractivity contribution in [3.05, 3.63) is 106 Å². The summed E-state index contributed by atoms with van der Waals surface area (Å²) in [7, 11) is 0. The zero-order chi connectivity index (χ0) is 24.8. The molecule has 0 fully saturated rings. The number of hydrogen-bond donors (Lipinski definition) is 0. The van der Waals surface area contributed by atoms with E-state index in [1.54, 1.807) is 29.2 Å². The third kappa shape index (κ3) is 6.48. The zero-order valence-corrected chi connectivity index (χ0v) is 19.3. The standard InChI is InChI=1S/C26H21ClF3N3O2/c27-22-12-8-19(9-13-22)24-31-23(35-32-24)15-17-33(16-14-18-4-2-1-3-5-18)25(34)20-6-10-21(11-7-20)26(28,29)30/h1-13H,14-17H2. The van der Waals surface area contributed by atoms with E-state index in [-0.39, 0.29) is 18.0 Å². The van der Waals surface area contributed by atoms with Crippen molar-refractivity contribution in [3.8, 4) is 11.4 Å². The molecular weight excluding hydrogens is 479 g/mol. The van der Waals surface area contributed by atoms with Crippen molar-refractivity contribution < 1.29 is 22.5 Å². The first kappa shape index (κ1) is 24.5. The SMILES string of the molecule is O=C(c1ccc(C(F)(F)F)cc1)N(CCc1ccccc1)CCc1nc(-c2ccc(Cl)cc2)no1. The predicted molar refractivity (Wildman–Crippen MR) is 126 cm³/mol. The molecule has 4 aromatic rings. The Morgan fingerprint density at radius 2 is 1.54 bits per heavy atom. The lowest BCUT2D eigenvalue weighted by Crippen LogP contribution is -2.35. The summed E-state index contributed by atoms with van der Waals surface area (Å²) in [4.78, 5) is 19.1. The highest BCUT2D eigenvalue weighted by atomic mass is 35.5. The Bertz CT molecular complexity index is 1260. The molecule has 0 aliphatic heterocycles. The summed E-state index contributed by atoms with van der Waals surface area (Å²) in [6.45, 7) is 0.636. The average molecular weight is 500 g/mol. The number of carbonyl (C=O) groups excluding carboxylic acids is 1. The summed E-state index contributed by atoms with van der Waals surface area (Å²) in [5.41, 5.74) is 1.16. The van der Waals surface area contributed by atoms with Crippen molar-refractivity contribution in [2.24, 2.45) is 0 Å². The zero-order valence-electron chi connectivity index (χ0n) is 18.5. The number of nitrogens with zero attached hydrogens (tertiary/aromatic N) is 3. The quantitative estimate of drug-likeness (QED) is 0.284. The normalized spacial score (nSPS) is 11.4. The molecule has 3 aromatic carbocycles. The molecule has 0 radical (unpaired) electrons. The summed E-state index contributed by atoms with van der Waals surface area (Å²) in [6, 6.07) is 20.9. The summed E-state index contributed by atoms with van der Waals surface area (Å²) >= 11 is 5.92. The van der Waals surface area contributed by atoms with E-state index in [2.05, 4.69) is 10.1 Å². The van der Waals surface area contributed by atoms with Crippen LogP contribution in [0.25, 0.3) is 11.4 Å². The third-order valence-electron chi connectivity index (χ3n) is 5.43. The minimum atomic E-state index is -4.46. The Hall–Kier alpha value is -3.65. The summed E-state index contributed by atoms with van der Waals surface area (Å²) in [6.07, 6.45) is -3.58. The van der Waals surface area contributed by atoms with E-state index >= 15 is 0 Å². The van der Waals surface area contributed by atoms with Crippen LogP contribution in [0.1, 0.15) is 27.4 Å². The van der Waals surface area contributed by atoms with Gasteiger partial charge in [0.2, 0.25) is 11.7 Å². The highest BCUT2D eigenvalue weighted by molar-refractivity contribution is 6.30. The number of aromatic nitrogens is 2. The Balaban J connectivity index is 1.48. The molecule has 35 heavy (non-hydrogen) atoms. The van der Waals surface area contributed by atoms with Gasteiger partial charge >= 0.3 is 6.18 Å². The number of amides is 1. The lowest BCUT2D eigenvalue weighted by Gasteiger charge is -2.22. The molecule has 0 spiro atoms. The summed E-state index contributed by atoms with van der Waals surface area (Å²) in [5, 5.41) is 4.58. The molecule has 1 heterocycles. The van der Waals surface area contributed by atoms with Crippen molar-refractivity contribution in [1.82, 2.24) is 15.0 Å². The lowest BCUT2D eigenvalue weighted by molar-refractivity contribution is -0.137. The highest BCUT2D eigenvalue weighted by Crippen LogP contribution is 2.29. The molecule has 5 nitrogen and oxygen atoms in total. The van der Waals surface area contributed by atoms with E-state index in [4.69, 9.17) is 16.1 Å². The van der Waals surface area contributed by atoms with Crippen LogP contribution in [0.3, 0.4) is 0 Å². The molecule has 0 unspecified atom stereocenters. The summed E-state index contributed by atoms with van der Waals surface area (Å²) in [5.74, 6) is 0.383. The minimum absolute atomic E-state index is 0.179. The highest BCUT2D eigenvalue weighted by Gasteiger charge is 2.30. The van der Waals surface area contributed by atoms with E-state index < -0.39 is 11.7 Å². The van der Waals surface area contributed by atoms with Crippen molar-refractivity contribution in [3.63, 3.8) is 0 Å². The third-order valence-corrected chi connectivity index (χ3v) is 5.68. The van der Waals surface area contributed by atoms with E-state index in [0.717, 1.165) is 23.3 Å². The van der Waals surface area contributed by atoms with Gasteiger partial charge in [-0.15, -0.1) is 0 Å². The molecule has 180 valence electrons. The van der Waals surface area contributed by atoms with E-state index in [0.29, 0.717) is 36.1 Å². The van der Waals surface area contributed by atoms with Crippen LogP contribution in [0, 0.1) is 0 Å². The average Bonchev–Trinajstić information content (AvgIpc) is 3.33.